The van der Waals surface area contributed by atoms with Gasteiger partial charge in [-0.1, -0.05) is 0 Å². The van der Waals surface area contributed by atoms with Crippen molar-refractivity contribution >= 4 is 22.4 Å². The van der Waals surface area contributed by atoms with E-state index in [1.807, 2.05) is 18.7 Å². The number of carbonyl (C=O) groups is 1. The molecule has 0 saturated carbocycles. The molecule has 6 nitrogen and oxygen atoms in total. The quantitative estimate of drug-likeness (QED) is 0.661. The minimum Gasteiger partial charge on any atom is -0.476 e. The standard InChI is InChI=1S/C12H20N2O4S/c1-3-17-7-5-14(6-8-18-4-2)12-13-10(9-19-12)11(15)16/h9H,3-8H2,1-2H3,(H,15,16). The molecule has 0 atom stereocenters. The van der Waals surface area contributed by atoms with E-state index in [1.54, 1.807) is 5.38 Å². The normalized spacial score (nSPS) is 10.6. The first-order chi connectivity index (χ1) is 9.19. The van der Waals surface area contributed by atoms with Crippen molar-refractivity contribution in [3.05, 3.63) is 11.1 Å². The van der Waals surface area contributed by atoms with Crippen LogP contribution in [0.4, 0.5) is 5.13 Å². The highest BCUT2D eigenvalue weighted by molar-refractivity contribution is 7.13. The number of ether oxygens (including phenoxy) is 2. The van der Waals surface area contributed by atoms with E-state index in [2.05, 4.69) is 4.98 Å². The van der Waals surface area contributed by atoms with Crippen LogP contribution in [0.2, 0.25) is 0 Å². The van der Waals surface area contributed by atoms with Gasteiger partial charge in [0.05, 0.1) is 13.2 Å². The molecule has 0 radical (unpaired) electrons. The van der Waals surface area contributed by atoms with Crippen molar-refractivity contribution in [2.24, 2.45) is 0 Å². The molecule has 0 aromatic carbocycles. The number of nitrogens with zero attached hydrogens (tertiary/aromatic N) is 2. The molecule has 1 heterocycles. The molecule has 1 aromatic rings. The van der Waals surface area contributed by atoms with Gasteiger partial charge in [-0.25, -0.2) is 9.78 Å². The van der Waals surface area contributed by atoms with E-state index in [0.29, 0.717) is 44.6 Å². The second-order valence-electron chi connectivity index (χ2n) is 3.70. The molecule has 0 aliphatic carbocycles. The minimum absolute atomic E-state index is 0.0813. The van der Waals surface area contributed by atoms with E-state index in [9.17, 15) is 4.79 Å². The highest BCUT2D eigenvalue weighted by Gasteiger charge is 2.14. The second-order valence-corrected chi connectivity index (χ2v) is 4.54. The lowest BCUT2D eigenvalue weighted by Gasteiger charge is -2.21. The van der Waals surface area contributed by atoms with Gasteiger partial charge in [0.15, 0.2) is 10.8 Å². The number of carboxylic acids is 1. The molecular formula is C12H20N2O4S. The molecule has 0 saturated heterocycles. The van der Waals surface area contributed by atoms with Crippen molar-refractivity contribution in [1.82, 2.24) is 4.98 Å². The van der Waals surface area contributed by atoms with Gasteiger partial charge >= 0.3 is 5.97 Å². The van der Waals surface area contributed by atoms with Crippen molar-refractivity contribution in [3.63, 3.8) is 0 Å². The topological polar surface area (TPSA) is 71.9 Å². The smallest absolute Gasteiger partial charge is 0.355 e. The zero-order valence-corrected chi connectivity index (χ0v) is 12.1. The van der Waals surface area contributed by atoms with Crippen LogP contribution in [0.25, 0.3) is 0 Å². The maximum absolute atomic E-state index is 10.8. The van der Waals surface area contributed by atoms with Gasteiger partial charge in [-0.15, -0.1) is 11.3 Å². The van der Waals surface area contributed by atoms with Crippen molar-refractivity contribution in [2.45, 2.75) is 13.8 Å². The second kappa shape index (κ2) is 8.84. The van der Waals surface area contributed by atoms with Gasteiger partial charge in [0.2, 0.25) is 0 Å². The summed E-state index contributed by atoms with van der Waals surface area (Å²) in [6.45, 7) is 7.73. The minimum atomic E-state index is -1.00. The van der Waals surface area contributed by atoms with E-state index < -0.39 is 5.97 Å². The van der Waals surface area contributed by atoms with Crippen LogP contribution in [0.15, 0.2) is 5.38 Å². The van der Waals surface area contributed by atoms with Gasteiger partial charge in [0.25, 0.3) is 0 Å². The highest BCUT2D eigenvalue weighted by atomic mass is 32.1. The van der Waals surface area contributed by atoms with Gasteiger partial charge < -0.3 is 19.5 Å². The Morgan fingerprint density at radius 2 is 1.89 bits per heavy atom. The van der Waals surface area contributed by atoms with E-state index in [0.717, 1.165) is 0 Å². The Morgan fingerprint density at radius 1 is 1.32 bits per heavy atom. The summed E-state index contributed by atoms with van der Waals surface area (Å²) in [5.74, 6) is -1.00. The van der Waals surface area contributed by atoms with Crippen molar-refractivity contribution < 1.29 is 19.4 Å². The molecule has 0 aliphatic rings. The van der Waals surface area contributed by atoms with Crippen LogP contribution >= 0.6 is 11.3 Å². The molecule has 0 amide bonds. The third kappa shape index (κ3) is 5.54. The molecule has 1 rings (SSSR count). The van der Waals surface area contributed by atoms with E-state index >= 15 is 0 Å². The summed E-state index contributed by atoms with van der Waals surface area (Å²) in [4.78, 5) is 16.9. The molecule has 0 bridgehead atoms. The molecule has 1 aromatic heterocycles. The number of hydrogen-bond donors (Lipinski definition) is 1. The number of rotatable bonds is 10. The first kappa shape index (κ1) is 15.9. The Balaban J connectivity index is 2.61. The predicted molar refractivity (Wildman–Crippen MR) is 74.3 cm³/mol. The number of anilines is 1. The number of aromatic carboxylic acids is 1. The molecule has 1 N–H and O–H groups in total. The SMILES string of the molecule is CCOCCN(CCOCC)c1nc(C(=O)O)cs1. The summed E-state index contributed by atoms with van der Waals surface area (Å²) >= 11 is 1.32. The average molecular weight is 288 g/mol. The van der Waals surface area contributed by atoms with Crippen LogP contribution in [0.5, 0.6) is 0 Å². The first-order valence-electron chi connectivity index (χ1n) is 6.28. The number of hydrogen-bond acceptors (Lipinski definition) is 6. The Hall–Kier alpha value is -1.18. The maximum atomic E-state index is 10.8. The molecule has 19 heavy (non-hydrogen) atoms. The highest BCUT2D eigenvalue weighted by Crippen LogP contribution is 2.20. The fraction of sp³-hybridized carbons (Fsp3) is 0.667. The number of aromatic nitrogens is 1. The summed E-state index contributed by atoms with van der Waals surface area (Å²) in [5.41, 5.74) is 0.0813. The lowest BCUT2D eigenvalue weighted by Crippen LogP contribution is -2.31. The summed E-state index contributed by atoms with van der Waals surface area (Å²) in [6.07, 6.45) is 0. The Kier molecular flexibility index (Phi) is 7.39. The maximum Gasteiger partial charge on any atom is 0.355 e. The third-order valence-electron chi connectivity index (χ3n) is 2.40. The summed E-state index contributed by atoms with van der Waals surface area (Å²) in [7, 11) is 0. The first-order valence-corrected chi connectivity index (χ1v) is 7.16. The lowest BCUT2D eigenvalue weighted by atomic mass is 10.5. The van der Waals surface area contributed by atoms with Crippen LogP contribution < -0.4 is 4.90 Å². The fourth-order valence-corrected chi connectivity index (χ4v) is 2.30. The van der Waals surface area contributed by atoms with Crippen molar-refractivity contribution in [3.8, 4) is 0 Å². The molecule has 0 spiro atoms. The van der Waals surface area contributed by atoms with Gasteiger partial charge in [-0.05, 0) is 13.8 Å². The monoisotopic (exact) mass is 288 g/mol. The largest absolute Gasteiger partial charge is 0.476 e. The Bertz CT molecular complexity index is 374. The van der Waals surface area contributed by atoms with E-state index in [4.69, 9.17) is 14.6 Å². The third-order valence-corrected chi connectivity index (χ3v) is 3.30. The zero-order valence-electron chi connectivity index (χ0n) is 11.3. The Morgan fingerprint density at radius 3 is 2.32 bits per heavy atom. The zero-order chi connectivity index (χ0) is 14.1. The van der Waals surface area contributed by atoms with Gasteiger partial charge in [-0.2, -0.15) is 0 Å². The molecule has 0 aliphatic heterocycles. The van der Waals surface area contributed by atoms with Gasteiger partial charge in [0, 0.05) is 31.7 Å². The summed E-state index contributed by atoms with van der Waals surface area (Å²) < 4.78 is 10.6. The number of thiazole rings is 1. The average Bonchev–Trinajstić information content (AvgIpc) is 2.87. The van der Waals surface area contributed by atoms with Crippen LogP contribution in [0, 0.1) is 0 Å². The molecule has 7 heteroatoms. The lowest BCUT2D eigenvalue weighted by molar-refractivity contribution is 0.0691. The summed E-state index contributed by atoms with van der Waals surface area (Å²) in [6, 6.07) is 0. The van der Waals surface area contributed by atoms with E-state index in [-0.39, 0.29) is 5.69 Å². The van der Waals surface area contributed by atoms with Crippen molar-refractivity contribution in [1.29, 1.82) is 0 Å². The van der Waals surface area contributed by atoms with Gasteiger partial charge in [0.1, 0.15) is 0 Å². The molecule has 0 fully saturated rings. The summed E-state index contributed by atoms with van der Waals surface area (Å²) in [5, 5.41) is 11.1. The van der Waals surface area contributed by atoms with Gasteiger partial charge in [-0.3, -0.25) is 0 Å². The van der Waals surface area contributed by atoms with Crippen LogP contribution in [0.1, 0.15) is 24.3 Å². The van der Waals surface area contributed by atoms with Crippen LogP contribution in [-0.2, 0) is 9.47 Å². The molecular weight excluding hydrogens is 268 g/mol. The molecule has 108 valence electrons. The van der Waals surface area contributed by atoms with Crippen molar-refractivity contribution in [2.75, 3.05) is 44.4 Å². The predicted octanol–water partition coefficient (Wildman–Crippen LogP) is 1.72. The molecule has 0 unspecified atom stereocenters. The van der Waals surface area contributed by atoms with Crippen LogP contribution in [-0.4, -0.2) is 55.6 Å². The number of carboxylic acid groups (broad SMARTS) is 1. The Labute approximate surface area is 117 Å². The van der Waals surface area contributed by atoms with E-state index in [1.165, 1.54) is 11.3 Å². The van der Waals surface area contributed by atoms with Crippen LogP contribution in [0.3, 0.4) is 0 Å². The fourth-order valence-electron chi connectivity index (χ4n) is 1.45.